The van der Waals surface area contributed by atoms with Crippen LogP contribution in [0.1, 0.15) is 22.6 Å². The van der Waals surface area contributed by atoms with Crippen molar-refractivity contribution in [1.82, 2.24) is 0 Å². The maximum atomic E-state index is 13.8. The van der Waals surface area contributed by atoms with Crippen molar-refractivity contribution in [2.24, 2.45) is 5.73 Å². The zero-order valence-corrected chi connectivity index (χ0v) is 11.6. The van der Waals surface area contributed by atoms with E-state index in [0.29, 0.717) is 23.6 Å². The number of benzene rings is 2. The first-order valence-corrected chi connectivity index (χ1v) is 6.69. The molecule has 100 valence electrons. The summed E-state index contributed by atoms with van der Waals surface area (Å²) < 4.78 is 13.8. The van der Waals surface area contributed by atoms with Crippen LogP contribution in [-0.2, 0) is 6.42 Å². The fourth-order valence-electron chi connectivity index (χ4n) is 2.33. The van der Waals surface area contributed by atoms with Gasteiger partial charge in [0, 0.05) is 10.9 Å². The predicted octanol–water partition coefficient (Wildman–Crippen LogP) is 4.07. The fraction of sp³-hybridized carbons (Fsp3) is 0.250. The van der Waals surface area contributed by atoms with Gasteiger partial charge >= 0.3 is 0 Å². The summed E-state index contributed by atoms with van der Waals surface area (Å²) in [4.78, 5) is 0. The van der Waals surface area contributed by atoms with E-state index in [9.17, 15) is 4.39 Å². The van der Waals surface area contributed by atoms with Crippen LogP contribution in [0.5, 0.6) is 0 Å². The largest absolute Gasteiger partial charge is 0.330 e. The highest BCUT2D eigenvalue weighted by Gasteiger charge is 2.15. The monoisotopic (exact) mass is 277 g/mol. The molecule has 1 nitrogen and oxygen atoms in total. The standard InChI is InChI=1S/C16H17ClFN/c1-11-4-2-3-5-15(11)13(10-19)8-12-9-14(17)6-7-16(12)18/h2-7,9,13H,8,10,19H2,1H3. The average Bonchev–Trinajstić information content (AvgIpc) is 2.41. The lowest BCUT2D eigenvalue weighted by Crippen LogP contribution is -2.16. The van der Waals surface area contributed by atoms with Crippen LogP contribution in [0.4, 0.5) is 4.39 Å². The molecule has 0 spiro atoms. The SMILES string of the molecule is Cc1ccccc1C(CN)Cc1cc(Cl)ccc1F. The fourth-order valence-corrected chi connectivity index (χ4v) is 2.53. The third kappa shape index (κ3) is 3.34. The Morgan fingerprint density at radius 1 is 1.21 bits per heavy atom. The van der Waals surface area contributed by atoms with Gasteiger partial charge in [-0.25, -0.2) is 4.39 Å². The molecule has 0 aliphatic rings. The van der Waals surface area contributed by atoms with E-state index in [2.05, 4.69) is 6.07 Å². The summed E-state index contributed by atoms with van der Waals surface area (Å²) in [5.41, 5.74) is 8.82. The summed E-state index contributed by atoms with van der Waals surface area (Å²) in [7, 11) is 0. The van der Waals surface area contributed by atoms with Crippen LogP contribution >= 0.6 is 11.6 Å². The van der Waals surface area contributed by atoms with Gasteiger partial charge in [-0.05, 0) is 54.8 Å². The molecule has 2 N–H and O–H groups in total. The molecule has 0 fully saturated rings. The molecule has 0 aliphatic carbocycles. The Morgan fingerprint density at radius 2 is 1.95 bits per heavy atom. The minimum Gasteiger partial charge on any atom is -0.330 e. The highest BCUT2D eigenvalue weighted by Crippen LogP contribution is 2.25. The summed E-state index contributed by atoms with van der Waals surface area (Å²) in [6.07, 6.45) is 0.563. The molecule has 0 aromatic heterocycles. The molecule has 0 heterocycles. The molecule has 1 unspecified atom stereocenters. The minimum absolute atomic E-state index is 0.106. The molecular formula is C16H17ClFN. The van der Waals surface area contributed by atoms with Gasteiger partial charge in [0.2, 0.25) is 0 Å². The number of rotatable bonds is 4. The van der Waals surface area contributed by atoms with Gasteiger partial charge in [-0.1, -0.05) is 35.9 Å². The van der Waals surface area contributed by atoms with Crippen molar-refractivity contribution in [3.8, 4) is 0 Å². The Morgan fingerprint density at radius 3 is 2.63 bits per heavy atom. The predicted molar refractivity (Wildman–Crippen MR) is 78.1 cm³/mol. The maximum Gasteiger partial charge on any atom is 0.126 e. The molecule has 19 heavy (non-hydrogen) atoms. The molecule has 0 bridgehead atoms. The first-order valence-electron chi connectivity index (χ1n) is 6.31. The Balaban J connectivity index is 2.29. The van der Waals surface area contributed by atoms with E-state index in [1.807, 2.05) is 25.1 Å². The van der Waals surface area contributed by atoms with Gasteiger partial charge in [0.1, 0.15) is 5.82 Å². The number of nitrogens with two attached hydrogens (primary N) is 1. The van der Waals surface area contributed by atoms with Crippen molar-refractivity contribution in [2.45, 2.75) is 19.3 Å². The maximum absolute atomic E-state index is 13.8. The van der Waals surface area contributed by atoms with Crippen molar-refractivity contribution < 1.29 is 4.39 Å². The molecule has 0 saturated carbocycles. The third-order valence-electron chi connectivity index (χ3n) is 3.39. The lowest BCUT2D eigenvalue weighted by molar-refractivity contribution is 0.589. The second-order valence-electron chi connectivity index (χ2n) is 4.73. The van der Waals surface area contributed by atoms with Crippen molar-refractivity contribution in [1.29, 1.82) is 0 Å². The second kappa shape index (κ2) is 6.18. The van der Waals surface area contributed by atoms with Crippen LogP contribution in [0.2, 0.25) is 5.02 Å². The minimum atomic E-state index is -0.226. The van der Waals surface area contributed by atoms with Gasteiger partial charge in [0.05, 0.1) is 0 Å². The first-order chi connectivity index (χ1) is 9.11. The van der Waals surface area contributed by atoms with E-state index in [1.54, 1.807) is 12.1 Å². The summed E-state index contributed by atoms with van der Waals surface area (Å²) in [5.74, 6) is -0.120. The number of hydrogen-bond donors (Lipinski definition) is 1. The molecule has 0 aliphatic heterocycles. The van der Waals surface area contributed by atoms with Gasteiger partial charge in [-0.2, -0.15) is 0 Å². The van der Waals surface area contributed by atoms with Crippen LogP contribution in [0.3, 0.4) is 0 Å². The summed E-state index contributed by atoms with van der Waals surface area (Å²) in [6, 6.07) is 12.7. The average molecular weight is 278 g/mol. The van der Waals surface area contributed by atoms with Crippen molar-refractivity contribution >= 4 is 11.6 Å². The first kappa shape index (κ1) is 14.0. The van der Waals surface area contributed by atoms with E-state index in [1.165, 1.54) is 17.2 Å². The Labute approximate surface area is 118 Å². The van der Waals surface area contributed by atoms with Gasteiger partial charge in [0.25, 0.3) is 0 Å². The van der Waals surface area contributed by atoms with Crippen LogP contribution in [0.25, 0.3) is 0 Å². The van der Waals surface area contributed by atoms with Gasteiger partial charge in [-0.3, -0.25) is 0 Å². The molecule has 3 heteroatoms. The molecule has 1 atom stereocenters. The molecule has 0 radical (unpaired) electrons. The smallest absolute Gasteiger partial charge is 0.126 e. The topological polar surface area (TPSA) is 26.0 Å². The van der Waals surface area contributed by atoms with Gasteiger partial charge in [0.15, 0.2) is 0 Å². The highest BCUT2D eigenvalue weighted by atomic mass is 35.5. The van der Waals surface area contributed by atoms with E-state index in [4.69, 9.17) is 17.3 Å². The number of hydrogen-bond acceptors (Lipinski definition) is 1. The zero-order chi connectivity index (χ0) is 13.8. The summed E-state index contributed by atoms with van der Waals surface area (Å²) >= 11 is 5.92. The third-order valence-corrected chi connectivity index (χ3v) is 3.62. The van der Waals surface area contributed by atoms with E-state index < -0.39 is 0 Å². The lowest BCUT2D eigenvalue weighted by Gasteiger charge is -2.18. The molecular weight excluding hydrogens is 261 g/mol. The van der Waals surface area contributed by atoms with Crippen molar-refractivity contribution in [2.75, 3.05) is 6.54 Å². The molecule has 0 amide bonds. The van der Waals surface area contributed by atoms with Crippen molar-refractivity contribution in [3.63, 3.8) is 0 Å². The second-order valence-corrected chi connectivity index (χ2v) is 5.17. The normalized spacial score (nSPS) is 12.4. The van der Waals surface area contributed by atoms with Gasteiger partial charge in [-0.15, -0.1) is 0 Å². The van der Waals surface area contributed by atoms with Crippen LogP contribution in [0, 0.1) is 12.7 Å². The number of aryl methyl sites for hydroxylation is 1. The highest BCUT2D eigenvalue weighted by molar-refractivity contribution is 6.30. The van der Waals surface area contributed by atoms with E-state index in [0.717, 1.165) is 0 Å². The molecule has 2 aromatic carbocycles. The molecule has 0 saturated heterocycles. The van der Waals surface area contributed by atoms with Crippen LogP contribution in [0.15, 0.2) is 42.5 Å². The zero-order valence-electron chi connectivity index (χ0n) is 10.9. The van der Waals surface area contributed by atoms with Gasteiger partial charge < -0.3 is 5.73 Å². The van der Waals surface area contributed by atoms with E-state index >= 15 is 0 Å². The summed E-state index contributed by atoms with van der Waals surface area (Å²) in [6.45, 7) is 2.53. The Kier molecular flexibility index (Phi) is 4.56. The quantitative estimate of drug-likeness (QED) is 0.896. The summed E-state index contributed by atoms with van der Waals surface area (Å²) in [5, 5.41) is 0.553. The number of halogens is 2. The van der Waals surface area contributed by atoms with Crippen molar-refractivity contribution in [3.05, 3.63) is 70.0 Å². The van der Waals surface area contributed by atoms with Crippen LogP contribution < -0.4 is 5.73 Å². The van der Waals surface area contributed by atoms with Crippen LogP contribution in [-0.4, -0.2) is 6.54 Å². The molecule has 2 rings (SSSR count). The lowest BCUT2D eigenvalue weighted by atomic mass is 9.89. The molecule has 2 aromatic rings. The Bertz CT molecular complexity index is 568. The Hall–Kier alpha value is -1.38. The van der Waals surface area contributed by atoms with E-state index in [-0.39, 0.29) is 11.7 Å².